The van der Waals surface area contributed by atoms with Crippen LogP contribution < -0.4 is 4.90 Å². The second-order valence-corrected chi connectivity index (χ2v) is 10.0. The maximum absolute atomic E-state index is 12.5. The van der Waals surface area contributed by atoms with Gasteiger partial charge in [-0.15, -0.1) is 22.7 Å². The molecule has 0 unspecified atom stereocenters. The Morgan fingerprint density at radius 1 is 1.10 bits per heavy atom. The molecular weight excluding hydrogens is 418 g/mol. The Morgan fingerprint density at radius 2 is 1.83 bits per heavy atom. The third-order valence-electron chi connectivity index (χ3n) is 4.52. The smallest absolute Gasteiger partial charge is 0.230 e. The zero-order valence-electron chi connectivity index (χ0n) is 16.7. The van der Waals surface area contributed by atoms with Crippen molar-refractivity contribution in [1.82, 2.24) is 9.97 Å². The summed E-state index contributed by atoms with van der Waals surface area (Å²) in [4.78, 5) is 23.7. The van der Waals surface area contributed by atoms with Crippen LogP contribution in [-0.2, 0) is 10.5 Å². The first-order chi connectivity index (χ1) is 13.9. The number of rotatable bonds is 5. The molecule has 7 heteroatoms. The molecule has 148 valence electrons. The van der Waals surface area contributed by atoms with E-state index in [1.165, 1.54) is 21.6 Å². The summed E-state index contributed by atoms with van der Waals surface area (Å²) in [6.45, 7) is 7.75. The van der Waals surface area contributed by atoms with Crippen molar-refractivity contribution in [1.29, 1.82) is 0 Å². The fourth-order valence-corrected chi connectivity index (χ4v) is 6.37. The summed E-state index contributed by atoms with van der Waals surface area (Å²) < 4.78 is 2.23. The molecule has 4 nitrogen and oxygen atoms in total. The molecule has 0 aliphatic carbocycles. The first-order valence-electron chi connectivity index (χ1n) is 9.23. The number of hydrogen-bond donors (Lipinski definition) is 0. The molecule has 0 saturated heterocycles. The van der Waals surface area contributed by atoms with Gasteiger partial charge in [0, 0.05) is 18.1 Å². The normalized spacial score (nSPS) is 11.2. The zero-order chi connectivity index (χ0) is 20.5. The monoisotopic (exact) mass is 439 g/mol. The Bertz CT molecular complexity index is 1140. The summed E-state index contributed by atoms with van der Waals surface area (Å²) in [5, 5.41) is 2.75. The van der Waals surface area contributed by atoms with E-state index < -0.39 is 0 Å². The third kappa shape index (κ3) is 4.22. The van der Waals surface area contributed by atoms with Gasteiger partial charge in [0.2, 0.25) is 5.91 Å². The van der Waals surface area contributed by atoms with Gasteiger partial charge in [0.05, 0.1) is 21.6 Å². The number of anilines is 2. The van der Waals surface area contributed by atoms with Crippen molar-refractivity contribution in [3.05, 3.63) is 64.2 Å². The van der Waals surface area contributed by atoms with Crippen LogP contribution in [0, 0.1) is 20.8 Å². The van der Waals surface area contributed by atoms with E-state index >= 15 is 0 Å². The second-order valence-electron chi connectivity index (χ2n) is 6.96. The molecule has 4 rings (SSSR count). The lowest BCUT2D eigenvalue weighted by Crippen LogP contribution is -2.24. The minimum Gasteiger partial charge on any atom is -0.274 e. The van der Waals surface area contributed by atoms with Gasteiger partial charge in [0.1, 0.15) is 0 Å². The van der Waals surface area contributed by atoms with E-state index in [0.717, 1.165) is 38.1 Å². The van der Waals surface area contributed by atoms with E-state index in [0.29, 0.717) is 5.13 Å². The summed E-state index contributed by atoms with van der Waals surface area (Å²) in [6, 6.07) is 12.4. The highest BCUT2D eigenvalue weighted by atomic mass is 32.2. The highest BCUT2D eigenvalue weighted by Gasteiger charge is 2.22. The topological polar surface area (TPSA) is 46.1 Å². The molecule has 2 heterocycles. The van der Waals surface area contributed by atoms with E-state index in [2.05, 4.69) is 30.1 Å². The Labute approximate surface area is 182 Å². The predicted octanol–water partition coefficient (Wildman–Crippen LogP) is 6.65. The SMILES string of the molecule is CC(=O)N(c1nc(CSc2nc3ccccc3s2)cs1)c1c(C)cc(C)cc1C. The fourth-order valence-electron chi connectivity index (χ4n) is 3.43. The molecule has 0 N–H and O–H groups in total. The van der Waals surface area contributed by atoms with Crippen molar-refractivity contribution in [3.8, 4) is 0 Å². The van der Waals surface area contributed by atoms with Crippen molar-refractivity contribution in [2.45, 2.75) is 37.8 Å². The molecule has 0 aliphatic rings. The van der Waals surface area contributed by atoms with Crippen molar-refractivity contribution in [2.24, 2.45) is 0 Å². The molecule has 2 aromatic heterocycles. The van der Waals surface area contributed by atoms with E-state index in [9.17, 15) is 4.79 Å². The summed E-state index contributed by atoms with van der Waals surface area (Å²) in [7, 11) is 0. The lowest BCUT2D eigenvalue weighted by Gasteiger charge is -2.23. The molecule has 0 atom stereocenters. The van der Waals surface area contributed by atoms with Crippen LogP contribution in [-0.4, -0.2) is 15.9 Å². The van der Waals surface area contributed by atoms with Crippen LogP contribution >= 0.6 is 34.4 Å². The van der Waals surface area contributed by atoms with Gasteiger partial charge in [0.15, 0.2) is 9.47 Å². The minimum absolute atomic E-state index is 0.0280. The van der Waals surface area contributed by atoms with Crippen LogP contribution in [0.5, 0.6) is 0 Å². The third-order valence-corrected chi connectivity index (χ3v) is 7.61. The number of carbonyl (C=O) groups is 1. The van der Waals surface area contributed by atoms with Crippen LogP contribution in [0.15, 0.2) is 46.1 Å². The van der Waals surface area contributed by atoms with Gasteiger partial charge in [-0.1, -0.05) is 41.6 Å². The quantitative estimate of drug-likeness (QED) is 0.326. The Morgan fingerprint density at radius 3 is 2.52 bits per heavy atom. The molecule has 0 aliphatic heterocycles. The Balaban J connectivity index is 1.57. The molecule has 2 aromatic carbocycles. The zero-order valence-corrected chi connectivity index (χ0v) is 19.2. The number of amides is 1. The van der Waals surface area contributed by atoms with Gasteiger partial charge in [-0.25, -0.2) is 9.97 Å². The number of aryl methyl sites for hydroxylation is 3. The molecule has 4 aromatic rings. The molecule has 0 spiro atoms. The number of hydrogen-bond acceptors (Lipinski definition) is 6. The number of benzene rings is 2. The highest BCUT2D eigenvalue weighted by Crippen LogP contribution is 2.36. The second kappa shape index (κ2) is 8.26. The van der Waals surface area contributed by atoms with Crippen LogP contribution in [0.1, 0.15) is 29.3 Å². The molecule has 0 fully saturated rings. The number of thiazole rings is 2. The first kappa shape index (κ1) is 20.1. The summed E-state index contributed by atoms with van der Waals surface area (Å²) in [6.07, 6.45) is 0. The first-order valence-corrected chi connectivity index (χ1v) is 11.9. The minimum atomic E-state index is -0.0280. The van der Waals surface area contributed by atoms with Crippen LogP contribution in [0.2, 0.25) is 0 Å². The van der Waals surface area contributed by atoms with Gasteiger partial charge in [0.25, 0.3) is 0 Å². The van der Waals surface area contributed by atoms with Crippen molar-refractivity contribution < 1.29 is 4.79 Å². The molecule has 29 heavy (non-hydrogen) atoms. The van der Waals surface area contributed by atoms with Gasteiger partial charge in [-0.2, -0.15) is 0 Å². The maximum Gasteiger partial charge on any atom is 0.230 e. The van der Waals surface area contributed by atoms with Crippen molar-refractivity contribution in [2.75, 3.05) is 4.90 Å². The van der Waals surface area contributed by atoms with Gasteiger partial charge in [-0.3, -0.25) is 9.69 Å². The summed E-state index contributed by atoms with van der Waals surface area (Å²) in [5.74, 6) is 0.702. The number of carbonyl (C=O) groups excluding carboxylic acids is 1. The maximum atomic E-state index is 12.5. The average molecular weight is 440 g/mol. The van der Waals surface area contributed by atoms with E-state index in [-0.39, 0.29) is 5.91 Å². The summed E-state index contributed by atoms with van der Waals surface area (Å²) >= 11 is 4.89. The van der Waals surface area contributed by atoms with E-state index in [1.807, 2.05) is 37.4 Å². The Kier molecular flexibility index (Phi) is 5.72. The largest absolute Gasteiger partial charge is 0.274 e. The molecule has 0 bridgehead atoms. The number of para-hydroxylation sites is 1. The van der Waals surface area contributed by atoms with E-state index in [1.54, 1.807) is 34.9 Å². The Hall–Kier alpha value is -2.22. The molecule has 0 radical (unpaired) electrons. The van der Waals surface area contributed by atoms with Crippen LogP contribution in [0.3, 0.4) is 0 Å². The van der Waals surface area contributed by atoms with E-state index in [4.69, 9.17) is 4.98 Å². The summed E-state index contributed by atoms with van der Waals surface area (Å²) in [5.41, 5.74) is 6.29. The van der Waals surface area contributed by atoms with Gasteiger partial charge < -0.3 is 0 Å². The predicted molar refractivity (Wildman–Crippen MR) is 125 cm³/mol. The highest BCUT2D eigenvalue weighted by molar-refractivity contribution is 8.00. The standard InChI is InChI=1S/C22H21N3OS3/c1-13-9-14(2)20(15(3)10-13)25(16(4)26)21-23-17(11-27-21)12-28-22-24-18-7-5-6-8-19(18)29-22/h5-11H,12H2,1-4H3. The molecule has 0 saturated carbocycles. The molecular formula is C22H21N3OS3. The van der Waals surface area contributed by atoms with Crippen LogP contribution in [0.4, 0.5) is 10.8 Å². The average Bonchev–Trinajstić information content (AvgIpc) is 3.28. The number of thioether (sulfide) groups is 1. The lowest BCUT2D eigenvalue weighted by atomic mass is 10.0. The van der Waals surface area contributed by atoms with Gasteiger partial charge in [-0.05, 0) is 44.0 Å². The van der Waals surface area contributed by atoms with Crippen LogP contribution in [0.25, 0.3) is 10.2 Å². The fraction of sp³-hybridized carbons (Fsp3) is 0.227. The lowest BCUT2D eigenvalue weighted by molar-refractivity contribution is -0.115. The van der Waals surface area contributed by atoms with Gasteiger partial charge >= 0.3 is 0 Å². The van der Waals surface area contributed by atoms with Crippen molar-refractivity contribution in [3.63, 3.8) is 0 Å². The number of fused-ring (bicyclic) bond motifs is 1. The van der Waals surface area contributed by atoms with Crippen molar-refractivity contribution >= 4 is 61.4 Å². The number of nitrogens with zero attached hydrogens (tertiary/aromatic N) is 3. The number of aromatic nitrogens is 2. The molecule has 1 amide bonds.